The molecule has 2 N–H and O–H groups in total. The van der Waals surface area contributed by atoms with Crippen molar-refractivity contribution in [1.82, 2.24) is 9.55 Å². The molecule has 0 bridgehead atoms. The van der Waals surface area contributed by atoms with Gasteiger partial charge in [-0.2, -0.15) is 0 Å². The number of nitrogens with zero attached hydrogens (tertiary/aromatic N) is 2. The molecule has 0 saturated heterocycles. The molecule has 0 atom stereocenters. The molecule has 0 aliphatic rings. The predicted octanol–water partition coefficient (Wildman–Crippen LogP) is 3.90. The molecule has 1 amide bonds. The van der Waals surface area contributed by atoms with Gasteiger partial charge in [0, 0.05) is 18.1 Å². The Morgan fingerprint density at radius 1 is 1.03 bits per heavy atom. The molecule has 0 radical (unpaired) electrons. The van der Waals surface area contributed by atoms with Gasteiger partial charge in [0.05, 0.1) is 23.4 Å². The van der Waals surface area contributed by atoms with Gasteiger partial charge < -0.3 is 5.32 Å². The lowest BCUT2D eigenvalue weighted by atomic mass is 10.1. The van der Waals surface area contributed by atoms with E-state index in [1.165, 1.54) is 11.8 Å². The summed E-state index contributed by atoms with van der Waals surface area (Å²) in [5.41, 5.74) is 4.95. The maximum atomic E-state index is 12.5. The van der Waals surface area contributed by atoms with Crippen LogP contribution >= 0.6 is 11.8 Å². The van der Waals surface area contributed by atoms with Crippen molar-refractivity contribution in [1.29, 1.82) is 0 Å². The van der Waals surface area contributed by atoms with Crippen LogP contribution in [-0.4, -0.2) is 35.9 Å². The Morgan fingerprint density at radius 2 is 1.73 bits per heavy atom. The molecule has 30 heavy (non-hydrogen) atoms. The van der Waals surface area contributed by atoms with Crippen LogP contribution in [-0.2, 0) is 14.8 Å². The number of aromatic nitrogens is 2. The Kier molecular flexibility index (Phi) is 6.52. The Bertz CT molecular complexity index is 1170. The van der Waals surface area contributed by atoms with Gasteiger partial charge in [0.25, 0.3) is 0 Å². The monoisotopic (exact) mass is 444 g/mol. The number of sulfonamides is 1. The fourth-order valence-corrected chi connectivity index (χ4v) is 4.40. The average molecular weight is 445 g/mol. The first kappa shape index (κ1) is 21.9. The second-order valence-corrected chi connectivity index (χ2v) is 9.88. The second-order valence-electron chi connectivity index (χ2n) is 7.19. The van der Waals surface area contributed by atoms with Crippen LogP contribution in [0.3, 0.4) is 0 Å². The van der Waals surface area contributed by atoms with Crippen LogP contribution in [0.25, 0.3) is 5.69 Å². The maximum Gasteiger partial charge on any atom is 0.234 e. The number of imidazole rings is 1. The fraction of sp³-hybridized carbons (Fsp3) is 0.238. The van der Waals surface area contributed by atoms with Crippen molar-refractivity contribution in [3.63, 3.8) is 0 Å². The normalized spacial score (nSPS) is 11.3. The Balaban J connectivity index is 1.72. The van der Waals surface area contributed by atoms with Crippen molar-refractivity contribution in [2.45, 2.75) is 25.9 Å². The van der Waals surface area contributed by atoms with Crippen molar-refractivity contribution in [3.8, 4) is 5.69 Å². The minimum Gasteiger partial charge on any atom is -0.324 e. The molecule has 0 aliphatic heterocycles. The van der Waals surface area contributed by atoms with Gasteiger partial charge in [0.1, 0.15) is 0 Å². The van der Waals surface area contributed by atoms with Crippen LogP contribution in [0.1, 0.15) is 16.7 Å². The second kappa shape index (κ2) is 8.93. The molecular weight excluding hydrogens is 420 g/mol. The summed E-state index contributed by atoms with van der Waals surface area (Å²) in [5.74, 6) is -0.120. The summed E-state index contributed by atoms with van der Waals surface area (Å²) in [6.45, 7) is 5.95. The molecule has 0 spiro atoms. The third-order valence-corrected chi connectivity index (χ3v) is 5.73. The molecule has 1 aromatic heterocycles. The van der Waals surface area contributed by atoms with Crippen LogP contribution < -0.4 is 10.0 Å². The summed E-state index contributed by atoms with van der Waals surface area (Å²) >= 11 is 1.31. The molecule has 9 heteroatoms. The number of rotatable bonds is 7. The van der Waals surface area contributed by atoms with Crippen molar-refractivity contribution >= 4 is 39.1 Å². The lowest BCUT2D eigenvalue weighted by molar-refractivity contribution is -0.113. The third kappa shape index (κ3) is 5.87. The SMILES string of the molecule is Cc1cc(C)cc(-n2ccnc2SCC(=O)Nc2cc(C)ccc2NS(C)(=O)=O)c1. The van der Waals surface area contributed by atoms with Gasteiger partial charge in [-0.15, -0.1) is 0 Å². The maximum absolute atomic E-state index is 12.5. The fourth-order valence-electron chi connectivity index (χ4n) is 3.05. The number of hydrogen-bond donors (Lipinski definition) is 2. The zero-order valence-corrected chi connectivity index (χ0v) is 18.9. The van der Waals surface area contributed by atoms with Crippen LogP contribution in [0.2, 0.25) is 0 Å². The summed E-state index contributed by atoms with van der Waals surface area (Å²) in [6, 6.07) is 11.4. The zero-order valence-electron chi connectivity index (χ0n) is 17.3. The first-order chi connectivity index (χ1) is 14.1. The minimum absolute atomic E-state index is 0.133. The number of carbonyl (C=O) groups is 1. The van der Waals surface area contributed by atoms with Gasteiger partial charge in [-0.1, -0.05) is 23.9 Å². The van der Waals surface area contributed by atoms with E-state index in [1.54, 1.807) is 24.4 Å². The van der Waals surface area contributed by atoms with Gasteiger partial charge in [0.15, 0.2) is 5.16 Å². The van der Waals surface area contributed by atoms with Crippen molar-refractivity contribution < 1.29 is 13.2 Å². The highest BCUT2D eigenvalue weighted by Gasteiger charge is 2.13. The van der Waals surface area contributed by atoms with E-state index in [4.69, 9.17) is 0 Å². The van der Waals surface area contributed by atoms with Crippen LogP contribution in [0.15, 0.2) is 53.9 Å². The van der Waals surface area contributed by atoms with E-state index in [2.05, 4.69) is 33.2 Å². The third-order valence-electron chi connectivity index (χ3n) is 4.17. The average Bonchev–Trinajstić information content (AvgIpc) is 3.09. The molecule has 3 rings (SSSR count). The molecule has 0 unspecified atom stereocenters. The van der Waals surface area contributed by atoms with Gasteiger partial charge in [0.2, 0.25) is 15.9 Å². The molecule has 0 saturated carbocycles. The highest BCUT2D eigenvalue weighted by atomic mass is 32.2. The van der Waals surface area contributed by atoms with Crippen molar-refractivity contribution in [3.05, 3.63) is 65.5 Å². The first-order valence-corrected chi connectivity index (χ1v) is 12.1. The lowest BCUT2D eigenvalue weighted by Gasteiger charge is -2.13. The van der Waals surface area contributed by atoms with Gasteiger partial charge in [-0.25, -0.2) is 13.4 Å². The molecular formula is C21H24N4O3S2. The summed E-state index contributed by atoms with van der Waals surface area (Å²) < 4.78 is 27.5. The molecule has 7 nitrogen and oxygen atoms in total. The summed E-state index contributed by atoms with van der Waals surface area (Å²) in [5, 5.41) is 3.49. The number of anilines is 2. The van der Waals surface area contributed by atoms with Gasteiger partial charge >= 0.3 is 0 Å². The molecule has 3 aromatic rings. The minimum atomic E-state index is -3.46. The number of carbonyl (C=O) groups excluding carboxylic acids is 1. The van der Waals surface area contributed by atoms with E-state index >= 15 is 0 Å². The smallest absolute Gasteiger partial charge is 0.234 e. The van der Waals surface area contributed by atoms with E-state index < -0.39 is 10.0 Å². The number of amides is 1. The standard InChI is InChI=1S/C21H24N4O3S2/c1-14-5-6-18(24-30(4,27)28)19(12-14)23-20(26)13-29-21-22-7-8-25(21)17-10-15(2)9-16(3)11-17/h5-12,24H,13H2,1-4H3,(H,23,26). The first-order valence-electron chi connectivity index (χ1n) is 9.24. The van der Waals surface area contributed by atoms with E-state index in [1.807, 2.05) is 31.5 Å². The van der Waals surface area contributed by atoms with Gasteiger partial charge in [-0.3, -0.25) is 14.1 Å². The molecule has 158 valence electrons. The summed E-state index contributed by atoms with van der Waals surface area (Å²) in [4.78, 5) is 16.9. The van der Waals surface area contributed by atoms with Crippen LogP contribution in [0.5, 0.6) is 0 Å². The van der Waals surface area contributed by atoms with E-state index in [9.17, 15) is 13.2 Å². The van der Waals surface area contributed by atoms with E-state index in [0.29, 0.717) is 16.5 Å². The number of benzene rings is 2. The topological polar surface area (TPSA) is 93.1 Å². The Hall–Kier alpha value is -2.78. The Labute approximate surface area is 181 Å². The molecule has 0 fully saturated rings. The largest absolute Gasteiger partial charge is 0.324 e. The number of hydrogen-bond acceptors (Lipinski definition) is 5. The van der Waals surface area contributed by atoms with Crippen LogP contribution in [0, 0.1) is 20.8 Å². The summed E-state index contributed by atoms with van der Waals surface area (Å²) in [6.07, 6.45) is 4.64. The number of aryl methyl sites for hydroxylation is 3. The van der Waals surface area contributed by atoms with Crippen LogP contribution in [0.4, 0.5) is 11.4 Å². The molecule has 1 heterocycles. The van der Waals surface area contributed by atoms with Gasteiger partial charge in [-0.05, 0) is 61.7 Å². The van der Waals surface area contributed by atoms with E-state index in [-0.39, 0.29) is 11.7 Å². The van der Waals surface area contributed by atoms with E-state index in [0.717, 1.165) is 28.6 Å². The highest BCUT2D eigenvalue weighted by molar-refractivity contribution is 7.99. The lowest BCUT2D eigenvalue weighted by Crippen LogP contribution is -2.17. The zero-order chi connectivity index (χ0) is 21.9. The number of nitrogens with one attached hydrogen (secondary N) is 2. The predicted molar refractivity (Wildman–Crippen MR) is 122 cm³/mol. The Morgan fingerprint density at radius 3 is 2.40 bits per heavy atom. The van der Waals surface area contributed by atoms with Crippen molar-refractivity contribution in [2.75, 3.05) is 22.0 Å². The summed E-state index contributed by atoms with van der Waals surface area (Å²) in [7, 11) is -3.46. The molecule has 2 aromatic carbocycles. The molecule has 0 aliphatic carbocycles. The number of thioether (sulfide) groups is 1. The quantitative estimate of drug-likeness (QED) is 0.539. The highest BCUT2D eigenvalue weighted by Crippen LogP contribution is 2.26. The van der Waals surface area contributed by atoms with Crippen molar-refractivity contribution in [2.24, 2.45) is 0 Å².